The van der Waals surface area contributed by atoms with Gasteiger partial charge in [-0.1, -0.05) is 48.1 Å². The Labute approximate surface area is 181 Å². The maximum absolute atomic E-state index is 12.5. The van der Waals surface area contributed by atoms with Crippen LogP contribution in [0.3, 0.4) is 0 Å². The summed E-state index contributed by atoms with van der Waals surface area (Å²) < 4.78 is 1.64. The Hall–Kier alpha value is -3.93. The number of hydrogen-bond acceptors (Lipinski definition) is 3. The Morgan fingerprint density at radius 2 is 1.77 bits per heavy atom. The molecule has 1 aliphatic carbocycles. The zero-order valence-corrected chi connectivity index (χ0v) is 17.6. The minimum absolute atomic E-state index is 0.109. The number of aromatic nitrogens is 2. The maximum Gasteiger partial charge on any atom is 0.256 e. The van der Waals surface area contributed by atoms with Crippen molar-refractivity contribution in [1.29, 1.82) is 0 Å². The van der Waals surface area contributed by atoms with E-state index in [-0.39, 0.29) is 11.8 Å². The highest BCUT2D eigenvalue weighted by Gasteiger charge is 2.13. The van der Waals surface area contributed by atoms with Gasteiger partial charge in [-0.15, -0.1) is 0 Å². The number of anilines is 2. The third kappa shape index (κ3) is 4.80. The third-order valence-corrected chi connectivity index (χ3v) is 5.10. The molecule has 0 atom stereocenters. The van der Waals surface area contributed by atoms with Crippen molar-refractivity contribution >= 4 is 23.3 Å². The Balaban J connectivity index is 1.45. The second-order valence-corrected chi connectivity index (χ2v) is 7.53. The fourth-order valence-electron chi connectivity index (χ4n) is 3.41. The zero-order chi connectivity index (χ0) is 21.8. The van der Waals surface area contributed by atoms with Gasteiger partial charge < -0.3 is 10.6 Å². The molecule has 0 unspecified atom stereocenters. The molecule has 0 radical (unpaired) electrons. The molecule has 31 heavy (non-hydrogen) atoms. The molecule has 6 nitrogen and oxygen atoms in total. The normalized spacial score (nSPS) is 12.9. The van der Waals surface area contributed by atoms with Crippen molar-refractivity contribution < 1.29 is 9.59 Å². The van der Waals surface area contributed by atoms with E-state index >= 15 is 0 Å². The van der Waals surface area contributed by atoms with Crippen LogP contribution in [-0.4, -0.2) is 21.6 Å². The van der Waals surface area contributed by atoms with Gasteiger partial charge in [0, 0.05) is 35.5 Å². The van der Waals surface area contributed by atoms with Crippen LogP contribution in [0.5, 0.6) is 0 Å². The number of benzene rings is 2. The Kier molecular flexibility index (Phi) is 5.80. The van der Waals surface area contributed by atoms with Crippen molar-refractivity contribution in [3.05, 3.63) is 89.5 Å². The number of carbonyl (C=O) groups is 2. The molecule has 0 fully saturated rings. The van der Waals surface area contributed by atoms with Crippen LogP contribution >= 0.6 is 0 Å². The molecule has 2 amide bonds. The third-order valence-electron chi connectivity index (χ3n) is 5.10. The van der Waals surface area contributed by atoms with Crippen LogP contribution in [0, 0.1) is 6.92 Å². The van der Waals surface area contributed by atoms with Gasteiger partial charge in [0.2, 0.25) is 0 Å². The SMILES string of the molecule is Cc1cccc(C(=O)Nc2cc(-c3ccc(NC(=O)C4=CCCC=C4)cc3)nn2C)c1. The highest BCUT2D eigenvalue weighted by atomic mass is 16.2. The summed E-state index contributed by atoms with van der Waals surface area (Å²) >= 11 is 0. The molecule has 1 heterocycles. The highest BCUT2D eigenvalue weighted by molar-refractivity contribution is 6.06. The zero-order valence-electron chi connectivity index (χ0n) is 17.6. The van der Waals surface area contributed by atoms with E-state index < -0.39 is 0 Å². The number of carbonyl (C=O) groups excluding carboxylic acids is 2. The lowest BCUT2D eigenvalue weighted by Gasteiger charge is -2.08. The standard InChI is InChI=1S/C25H24N4O2/c1-17-7-6-10-20(15-17)25(31)27-23-16-22(28-29(23)2)18-11-13-21(14-12-18)26-24(30)19-8-4-3-5-9-19/h4,6-16H,3,5H2,1-2H3,(H,26,30)(H,27,31). The van der Waals surface area contributed by atoms with E-state index in [2.05, 4.69) is 15.7 Å². The van der Waals surface area contributed by atoms with Gasteiger partial charge in [-0.25, -0.2) is 0 Å². The predicted octanol–water partition coefficient (Wildman–Crippen LogP) is 4.86. The Morgan fingerprint density at radius 1 is 0.968 bits per heavy atom. The van der Waals surface area contributed by atoms with Crippen molar-refractivity contribution in [2.75, 3.05) is 10.6 Å². The fourth-order valence-corrected chi connectivity index (χ4v) is 3.41. The Morgan fingerprint density at radius 3 is 2.48 bits per heavy atom. The summed E-state index contributed by atoms with van der Waals surface area (Å²) in [6.07, 6.45) is 7.68. The molecule has 0 aliphatic heterocycles. The van der Waals surface area contributed by atoms with Gasteiger partial charge in [0.15, 0.2) is 0 Å². The molecule has 0 saturated carbocycles. The number of allylic oxidation sites excluding steroid dienone is 2. The van der Waals surface area contributed by atoms with Crippen LogP contribution in [0.25, 0.3) is 11.3 Å². The van der Waals surface area contributed by atoms with Crippen molar-refractivity contribution in [3.63, 3.8) is 0 Å². The maximum atomic E-state index is 12.5. The van der Waals surface area contributed by atoms with Crippen molar-refractivity contribution in [1.82, 2.24) is 9.78 Å². The average Bonchev–Trinajstić information content (AvgIpc) is 3.15. The van der Waals surface area contributed by atoms with Crippen LogP contribution in [-0.2, 0) is 11.8 Å². The summed E-state index contributed by atoms with van der Waals surface area (Å²) in [5.41, 5.74) is 4.66. The minimum Gasteiger partial charge on any atom is -0.322 e. The molecule has 3 aromatic rings. The smallest absolute Gasteiger partial charge is 0.256 e. The number of nitrogens with one attached hydrogen (secondary N) is 2. The Bertz CT molecular complexity index is 1190. The van der Waals surface area contributed by atoms with Crippen molar-refractivity contribution in [2.45, 2.75) is 19.8 Å². The van der Waals surface area contributed by atoms with Crippen LogP contribution in [0.1, 0.15) is 28.8 Å². The number of nitrogens with zero attached hydrogens (tertiary/aromatic N) is 2. The number of hydrogen-bond donors (Lipinski definition) is 2. The molecule has 0 spiro atoms. The molecule has 4 rings (SSSR count). The van der Waals surface area contributed by atoms with Gasteiger partial charge in [0.05, 0.1) is 5.69 Å². The molecule has 2 N–H and O–H groups in total. The number of amides is 2. The summed E-state index contributed by atoms with van der Waals surface area (Å²) in [7, 11) is 1.79. The van der Waals surface area contributed by atoms with Gasteiger partial charge in [0.1, 0.15) is 5.82 Å². The van der Waals surface area contributed by atoms with E-state index in [1.807, 2.05) is 73.7 Å². The van der Waals surface area contributed by atoms with E-state index in [1.165, 1.54) is 0 Å². The van der Waals surface area contributed by atoms with E-state index in [0.717, 1.165) is 35.3 Å². The van der Waals surface area contributed by atoms with Crippen LogP contribution < -0.4 is 10.6 Å². The monoisotopic (exact) mass is 412 g/mol. The molecular formula is C25H24N4O2. The summed E-state index contributed by atoms with van der Waals surface area (Å²) in [4.78, 5) is 24.9. The van der Waals surface area contributed by atoms with Crippen LogP contribution in [0.4, 0.5) is 11.5 Å². The second-order valence-electron chi connectivity index (χ2n) is 7.53. The molecule has 1 aliphatic rings. The van der Waals surface area contributed by atoms with E-state index in [1.54, 1.807) is 17.8 Å². The van der Waals surface area contributed by atoms with Gasteiger partial charge >= 0.3 is 0 Å². The number of aryl methyl sites for hydroxylation is 2. The van der Waals surface area contributed by atoms with E-state index in [4.69, 9.17) is 0 Å². The molecule has 6 heteroatoms. The predicted molar refractivity (Wildman–Crippen MR) is 123 cm³/mol. The van der Waals surface area contributed by atoms with Gasteiger partial charge in [0.25, 0.3) is 11.8 Å². The molecule has 1 aromatic heterocycles. The minimum atomic E-state index is -0.178. The van der Waals surface area contributed by atoms with Crippen molar-refractivity contribution in [2.24, 2.45) is 7.05 Å². The summed E-state index contributed by atoms with van der Waals surface area (Å²) in [6, 6.07) is 16.8. The molecule has 156 valence electrons. The average molecular weight is 412 g/mol. The van der Waals surface area contributed by atoms with Gasteiger partial charge in [-0.3, -0.25) is 14.3 Å². The van der Waals surface area contributed by atoms with E-state index in [0.29, 0.717) is 17.0 Å². The lowest BCUT2D eigenvalue weighted by atomic mass is 10.1. The molecule has 2 aromatic carbocycles. The first-order valence-corrected chi connectivity index (χ1v) is 10.2. The largest absolute Gasteiger partial charge is 0.322 e. The molecule has 0 bridgehead atoms. The first kappa shape index (κ1) is 20.3. The van der Waals surface area contributed by atoms with Crippen LogP contribution in [0.2, 0.25) is 0 Å². The summed E-state index contributed by atoms with van der Waals surface area (Å²) in [5, 5.41) is 10.3. The first-order valence-electron chi connectivity index (χ1n) is 10.2. The fraction of sp³-hybridized carbons (Fsp3) is 0.160. The highest BCUT2D eigenvalue weighted by Crippen LogP contribution is 2.24. The topological polar surface area (TPSA) is 76.0 Å². The quantitative estimate of drug-likeness (QED) is 0.628. The molecular weight excluding hydrogens is 388 g/mol. The van der Waals surface area contributed by atoms with E-state index in [9.17, 15) is 9.59 Å². The first-order chi connectivity index (χ1) is 15.0. The van der Waals surface area contributed by atoms with Gasteiger partial charge in [-0.05, 0) is 44.0 Å². The number of rotatable bonds is 5. The lowest BCUT2D eigenvalue weighted by molar-refractivity contribution is -0.112. The second kappa shape index (κ2) is 8.83. The van der Waals surface area contributed by atoms with Crippen molar-refractivity contribution in [3.8, 4) is 11.3 Å². The van der Waals surface area contributed by atoms with Gasteiger partial charge in [-0.2, -0.15) is 5.10 Å². The van der Waals surface area contributed by atoms with Crippen LogP contribution in [0.15, 0.2) is 78.4 Å². The molecule has 0 saturated heterocycles. The lowest BCUT2D eigenvalue weighted by Crippen LogP contribution is -2.14. The summed E-state index contributed by atoms with van der Waals surface area (Å²) in [6.45, 7) is 1.95. The summed E-state index contributed by atoms with van der Waals surface area (Å²) in [5.74, 6) is 0.319.